The maximum atomic E-state index is 13.5. The highest BCUT2D eigenvalue weighted by molar-refractivity contribution is 5.83. The van der Waals surface area contributed by atoms with Gasteiger partial charge in [-0.05, 0) is 47.0 Å². The molecule has 0 saturated carbocycles. The van der Waals surface area contributed by atoms with Crippen LogP contribution in [0.2, 0.25) is 0 Å². The summed E-state index contributed by atoms with van der Waals surface area (Å²) in [6, 6.07) is 13.3. The van der Waals surface area contributed by atoms with Gasteiger partial charge in [0.15, 0.2) is 17.3 Å². The summed E-state index contributed by atoms with van der Waals surface area (Å²) in [6.07, 6.45) is 1.95. The van der Waals surface area contributed by atoms with Gasteiger partial charge in [0, 0.05) is 36.4 Å². The predicted molar refractivity (Wildman–Crippen MR) is 131 cm³/mol. The first-order valence-electron chi connectivity index (χ1n) is 11.5. The minimum atomic E-state index is -0.496. The number of H-pyrrole nitrogens is 1. The molecule has 0 unspecified atom stereocenters. The highest BCUT2D eigenvalue weighted by Gasteiger charge is 2.33. The van der Waals surface area contributed by atoms with Crippen molar-refractivity contribution in [1.82, 2.24) is 25.2 Å². The number of hydrogen-bond donors (Lipinski definition) is 1. The summed E-state index contributed by atoms with van der Waals surface area (Å²) in [5.74, 6) is 1.72. The van der Waals surface area contributed by atoms with Gasteiger partial charge in [-0.25, -0.2) is 4.68 Å². The van der Waals surface area contributed by atoms with Gasteiger partial charge in [-0.1, -0.05) is 18.2 Å². The van der Waals surface area contributed by atoms with Crippen LogP contribution in [0.25, 0.3) is 10.9 Å². The van der Waals surface area contributed by atoms with Gasteiger partial charge >= 0.3 is 0 Å². The molecule has 0 bridgehead atoms. The van der Waals surface area contributed by atoms with Crippen LogP contribution in [0.5, 0.6) is 11.5 Å². The average molecular weight is 477 g/mol. The number of tetrazole rings is 1. The van der Waals surface area contributed by atoms with Crippen LogP contribution in [0.3, 0.4) is 0 Å². The minimum absolute atomic E-state index is 0.209. The molecule has 0 saturated heterocycles. The topological polar surface area (TPSA) is 107 Å². The van der Waals surface area contributed by atoms with Crippen molar-refractivity contribution in [3.63, 3.8) is 0 Å². The number of methoxy groups -OCH3 is 3. The molecule has 0 aliphatic carbocycles. The summed E-state index contributed by atoms with van der Waals surface area (Å²) in [5, 5.41) is 13.3. The second-order valence-corrected chi connectivity index (χ2v) is 8.43. The Morgan fingerprint density at radius 3 is 2.69 bits per heavy atom. The first-order valence-corrected chi connectivity index (χ1v) is 11.5. The Morgan fingerprint density at radius 2 is 1.89 bits per heavy atom. The van der Waals surface area contributed by atoms with Gasteiger partial charge in [0.2, 0.25) is 0 Å². The van der Waals surface area contributed by atoms with Gasteiger partial charge in [-0.15, -0.1) is 5.10 Å². The van der Waals surface area contributed by atoms with E-state index >= 15 is 0 Å². The van der Waals surface area contributed by atoms with Gasteiger partial charge < -0.3 is 24.1 Å². The molecular formula is C25H28N6O4. The quantitative estimate of drug-likeness (QED) is 0.414. The smallest absolute Gasteiger partial charge is 0.254 e. The number of aryl methyl sites for hydroxylation is 1. The molecule has 0 fully saturated rings. The van der Waals surface area contributed by atoms with Gasteiger partial charge in [0.05, 0.1) is 32.9 Å². The molecule has 3 heterocycles. The molecule has 1 atom stereocenters. The Hall–Kier alpha value is -3.92. The van der Waals surface area contributed by atoms with Crippen LogP contribution >= 0.6 is 0 Å². The van der Waals surface area contributed by atoms with Crippen molar-refractivity contribution >= 4 is 16.6 Å². The SMILES string of the molecule is COCCn1nnnc1[C@H](c1cc2cc(OC)c(OC)cc2[nH]c1=O)N1CCCc2ccccc21. The highest BCUT2D eigenvalue weighted by Crippen LogP contribution is 2.37. The zero-order valence-electron chi connectivity index (χ0n) is 20.0. The zero-order valence-corrected chi connectivity index (χ0v) is 20.0. The summed E-state index contributed by atoms with van der Waals surface area (Å²) in [5.41, 5.74) is 3.32. The van der Waals surface area contributed by atoms with Crippen molar-refractivity contribution in [1.29, 1.82) is 0 Å². The predicted octanol–water partition coefficient (Wildman–Crippen LogP) is 2.72. The fourth-order valence-electron chi connectivity index (χ4n) is 4.77. The maximum absolute atomic E-state index is 13.5. The van der Waals surface area contributed by atoms with Gasteiger partial charge in [0.25, 0.3) is 5.56 Å². The van der Waals surface area contributed by atoms with E-state index in [0.29, 0.717) is 41.6 Å². The zero-order chi connectivity index (χ0) is 24.4. The second kappa shape index (κ2) is 9.75. The van der Waals surface area contributed by atoms with Crippen molar-refractivity contribution in [2.45, 2.75) is 25.4 Å². The molecule has 10 nitrogen and oxygen atoms in total. The number of pyridine rings is 1. The van der Waals surface area contributed by atoms with Crippen LogP contribution in [0, 0.1) is 0 Å². The first-order chi connectivity index (χ1) is 17.1. The Bertz CT molecular complexity index is 1400. The number of ether oxygens (including phenoxy) is 3. The molecular weight excluding hydrogens is 448 g/mol. The monoisotopic (exact) mass is 476 g/mol. The van der Waals surface area contributed by atoms with Crippen LogP contribution in [-0.4, -0.2) is 59.7 Å². The fourth-order valence-corrected chi connectivity index (χ4v) is 4.77. The van der Waals surface area contributed by atoms with Crippen LogP contribution in [0.15, 0.2) is 47.3 Å². The second-order valence-electron chi connectivity index (χ2n) is 8.43. The lowest BCUT2D eigenvalue weighted by molar-refractivity contribution is 0.181. The number of aromatic amines is 1. The fraction of sp³-hybridized carbons (Fsp3) is 0.360. The Kier molecular flexibility index (Phi) is 6.37. The van der Waals surface area contributed by atoms with Crippen LogP contribution in [-0.2, 0) is 17.7 Å². The number of hydrogen-bond acceptors (Lipinski definition) is 8. The molecule has 2 aromatic carbocycles. The molecule has 1 N–H and O–H groups in total. The number of para-hydroxylation sites is 1. The molecule has 5 rings (SSSR count). The minimum Gasteiger partial charge on any atom is -0.493 e. The summed E-state index contributed by atoms with van der Waals surface area (Å²) < 4.78 is 17.9. The van der Waals surface area contributed by atoms with Crippen LogP contribution in [0.1, 0.15) is 29.4 Å². The van der Waals surface area contributed by atoms with Crippen molar-refractivity contribution in [2.24, 2.45) is 0 Å². The normalized spacial score (nSPS) is 14.1. The number of aromatic nitrogens is 5. The molecule has 2 aromatic heterocycles. The van der Waals surface area contributed by atoms with Gasteiger partial charge in [0.1, 0.15) is 6.04 Å². The van der Waals surface area contributed by atoms with E-state index in [2.05, 4.69) is 37.5 Å². The third kappa shape index (κ3) is 4.21. The number of fused-ring (bicyclic) bond motifs is 2. The molecule has 0 amide bonds. The maximum Gasteiger partial charge on any atom is 0.254 e. The molecule has 10 heteroatoms. The summed E-state index contributed by atoms with van der Waals surface area (Å²) in [7, 11) is 4.80. The third-order valence-electron chi connectivity index (χ3n) is 6.44. The molecule has 1 aliphatic heterocycles. The Balaban J connectivity index is 1.72. The molecule has 35 heavy (non-hydrogen) atoms. The van der Waals surface area contributed by atoms with E-state index in [1.165, 1.54) is 5.56 Å². The summed E-state index contributed by atoms with van der Waals surface area (Å²) >= 11 is 0. The van der Waals surface area contributed by atoms with E-state index in [1.54, 1.807) is 32.1 Å². The lowest BCUT2D eigenvalue weighted by Gasteiger charge is -2.37. The highest BCUT2D eigenvalue weighted by atomic mass is 16.5. The molecule has 0 spiro atoms. The lowest BCUT2D eigenvalue weighted by Crippen LogP contribution is -2.38. The largest absolute Gasteiger partial charge is 0.493 e. The van der Waals surface area contributed by atoms with Gasteiger partial charge in [-0.3, -0.25) is 4.79 Å². The number of rotatable bonds is 8. The third-order valence-corrected chi connectivity index (χ3v) is 6.44. The van der Waals surface area contributed by atoms with E-state index < -0.39 is 6.04 Å². The van der Waals surface area contributed by atoms with E-state index in [0.717, 1.165) is 30.5 Å². The standard InChI is InChI=1S/C25H28N6O4/c1-33-12-11-31-24(27-28-29-31)23(30-10-6-8-16-7-4-5-9-20(16)30)18-13-17-14-21(34-2)22(35-3)15-19(17)26-25(18)32/h4-5,7,9,13-15,23H,6,8,10-12H2,1-3H3,(H,26,32)/t23-/m0/s1. The van der Waals surface area contributed by atoms with Crippen molar-refractivity contribution in [3.8, 4) is 11.5 Å². The van der Waals surface area contributed by atoms with E-state index in [-0.39, 0.29) is 5.56 Å². The van der Waals surface area contributed by atoms with Crippen molar-refractivity contribution < 1.29 is 14.2 Å². The summed E-state index contributed by atoms with van der Waals surface area (Å²) in [6.45, 7) is 1.69. The van der Waals surface area contributed by atoms with Gasteiger partial charge in [-0.2, -0.15) is 0 Å². The van der Waals surface area contributed by atoms with Crippen LogP contribution < -0.4 is 19.9 Å². The molecule has 1 aliphatic rings. The summed E-state index contributed by atoms with van der Waals surface area (Å²) in [4.78, 5) is 18.8. The average Bonchev–Trinajstić information content (AvgIpc) is 3.35. The number of nitrogens with zero attached hydrogens (tertiary/aromatic N) is 5. The molecule has 182 valence electrons. The molecule has 0 radical (unpaired) electrons. The van der Waals surface area contributed by atoms with Crippen molar-refractivity contribution in [2.75, 3.05) is 39.4 Å². The van der Waals surface area contributed by atoms with E-state index in [4.69, 9.17) is 14.2 Å². The Labute approximate surface area is 202 Å². The number of nitrogens with one attached hydrogen (secondary N) is 1. The lowest BCUT2D eigenvalue weighted by atomic mass is 9.96. The van der Waals surface area contributed by atoms with Crippen LogP contribution in [0.4, 0.5) is 5.69 Å². The molecule has 4 aromatic rings. The number of benzene rings is 2. The van der Waals surface area contributed by atoms with E-state index in [9.17, 15) is 4.79 Å². The first kappa shape index (κ1) is 22.9. The Morgan fingerprint density at radius 1 is 1.09 bits per heavy atom. The van der Waals surface area contributed by atoms with Crippen molar-refractivity contribution in [3.05, 3.63) is 69.8 Å². The van der Waals surface area contributed by atoms with E-state index in [1.807, 2.05) is 24.3 Å². The number of anilines is 1.